The molecule has 26 heavy (non-hydrogen) atoms. The number of amides is 2. The zero-order valence-electron chi connectivity index (χ0n) is 14.4. The summed E-state index contributed by atoms with van der Waals surface area (Å²) in [4.78, 5) is 14.7. The Morgan fingerprint density at radius 3 is 2.73 bits per heavy atom. The van der Waals surface area contributed by atoms with Gasteiger partial charge in [0.15, 0.2) is 11.5 Å². The Hall–Kier alpha value is -2.40. The van der Waals surface area contributed by atoms with E-state index in [9.17, 15) is 4.79 Å². The molecular weight excluding hydrogens is 352 g/mol. The van der Waals surface area contributed by atoms with Gasteiger partial charge in [-0.15, -0.1) is 0 Å². The van der Waals surface area contributed by atoms with E-state index in [0.717, 1.165) is 30.8 Å². The summed E-state index contributed by atoms with van der Waals surface area (Å²) >= 11 is 6.00. The topological polar surface area (TPSA) is 50.8 Å². The third-order valence-electron chi connectivity index (χ3n) is 4.92. The van der Waals surface area contributed by atoms with Crippen LogP contribution in [0.3, 0.4) is 0 Å². The van der Waals surface area contributed by atoms with Crippen molar-refractivity contribution in [1.29, 1.82) is 0 Å². The second kappa shape index (κ2) is 7.46. The molecule has 1 fully saturated rings. The van der Waals surface area contributed by atoms with Crippen molar-refractivity contribution in [2.45, 2.75) is 25.2 Å². The van der Waals surface area contributed by atoms with E-state index in [0.29, 0.717) is 29.6 Å². The largest absolute Gasteiger partial charge is 0.454 e. The Bertz CT molecular complexity index is 794. The number of urea groups is 1. The number of rotatable bonds is 2. The lowest BCUT2D eigenvalue weighted by Crippen LogP contribution is -2.37. The highest BCUT2D eigenvalue weighted by Gasteiger charge is 2.24. The lowest BCUT2D eigenvalue weighted by Gasteiger charge is -2.25. The van der Waals surface area contributed by atoms with Gasteiger partial charge in [0.2, 0.25) is 6.79 Å². The number of nitrogens with one attached hydrogen (secondary N) is 1. The van der Waals surface area contributed by atoms with Crippen LogP contribution < -0.4 is 14.8 Å². The number of fused-ring (bicyclic) bond motifs is 1. The van der Waals surface area contributed by atoms with E-state index in [4.69, 9.17) is 21.1 Å². The maximum atomic E-state index is 12.8. The van der Waals surface area contributed by atoms with Crippen LogP contribution in [0.4, 0.5) is 10.5 Å². The number of carbonyl (C=O) groups excluding carboxylic acids is 1. The fourth-order valence-electron chi connectivity index (χ4n) is 3.51. The first kappa shape index (κ1) is 17.0. The number of anilines is 1. The minimum absolute atomic E-state index is 0.0790. The monoisotopic (exact) mass is 372 g/mol. The van der Waals surface area contributed by atoms with Crippen LogP contribution in [0.25, 0.3) is 0 Å². The molecule has 0 spiro atoms. The number of hydrogen-bond acceptors (Lipinski definition) is 3. The minimum Gasteiger partial charge on any atom is -0.454 e. The Balaban J connectivity index is 1.45. The summed E-state index contributed by atoms with van der Waals surface area (Å²) in [5.41, 5.74) is 1.95. The smallest absolute Gasteiger partial charge is 0.321 e. The van der Waals surface area contributed by atoms with Crippen LogP contribution in [0.1, 0.15) is 30.7 Å². The van der Waals surface area contributed by atoms with Crippen molar-refractivity contribution < 1.29 is 14.3 Å². The molecule has 0 aliphatic carbocycles. The van der Waals surface area contributed by atoms with E-state index in [-0.39, 0.29) is 12.8 Å². The van der Waals surface area contributed by atoms with E-state index in [1.54, 1.807) is 6.07 Å². The van der Waals surface area contributed by atoms with E-state index >= 15 is 0 Å². The standard InChI is InChI=1S/C20H21ClN2O3/c21-16-6-4-14(5-7-16)15-3-1-2-10-23(12-15)20(24)22-17-8-9-18-19(11-17)26-13-25-18/h4-9,11,15H,1-3,10,12-13H2,(H,22,24). The molecule has 1 atom stereocenters. The van der Waals surface area contributed by atoms with E-state index in [2.05, 4.69) is 17.4 Å². The summed E-state index contributed by atoms with van der Waals surface area (Å²) in [7, 11) is 0. The molecule has 2 heterocycles. The third kappa shape index (κ3) is 3.73. The fraction of sp³-hybridized carbons (Fsp3) is 0.350. The molecule has 0 saturated carbocycles. The minimum atomic E-state index is -0.0790. The highest BCUT2D eigenvalue weighted by atomic mass is 35.5. The molecule has 0 bridgehead atoms. The summed E-state index contributed by atoms with van der Waals surface area (Å²) in [6, 6.07) is 13.3. The molecule has 0 aromatic heterocycles. The molecule has 0 radical (unpaired) electrons. The Morgan fingerprint density at radius 1 is 1.08 bits per heavy atom. The average Bonchev–Trinajstić information content (AvgIpc) is 2.97. The van der Waals surface area contributed by atoms with Crippen LogP contribution in [0, 0.1) is 0 Å². The molecule has 2 amide bonds. The molecule has 2 aliphatic heterocycles. The first-order valence-corrected chi connectivity index (χ1v) is 9.28. The van der Waals surface area contributed by atoms with Crippen molar-refractivity contribution in [3.05, 3.63) is 53.1 Å². The number of benzene rings is 2. The molecule has 2 aromatic carbocycles. The van der Waals surface area contributed by atoms with Crippen molar-refractivity contribution in [1.82, 2.24) is 4.90 Å². The van der Waals surface area contributed by atoms with Gasteiger partial charge in [0.05, 0.1) is 0 Å². The van der Waals surface area contributed by atoms with Gasteiger partial charge in [-0.2, -0.15) is 0 Å². The summed E-state index contributed by atoms with van der Waals surface area (Å²) in [6.45, 7) is 1.69. The van der Waals surface area contributed by atoms with E-state index in [1.165, 1.54) is 5.56 Å². The number of likely N-dealkylation sites (tertiary alicyclic amines) is 1. The first-order chi connectivity index (χ1) is 12.7. The number of nitrogens with zero attached hydrogens (tertiary/aromatic N) is 1. The van der Waals surface area contributed by atoms with Gasteiger partial charge in [-0.05, 0) is 42.7 Å². The molecule has 6 heteroatoms. The summed E-state index contributed by atoms with van der Waals surface area (Å²) in [5.74, 6) is 1.70. The van der Waals surface area contributed by atoms with E-state index < -0.39 is 0 Å². The number of carbonyl (C=O) groups is 1. The quantitative estimate of drug-likeness (QED) is 0.818. The summed E-state index contributed by atoms with van der Waals surface area (Å²) in [6.07, 6.45) is 3.20. The molecule has 4 rings (SSSR count). The second-order valence-corrected chi connectivity index (χ2v) is 7.12. The van der Waals surface area contributed by atoms with Crippen molar-refractivity contribution in [3.8, 4) is 11.5 Å². The zero-order valence-corrected chi connectivity index (χ0v) is 15.2. The highest BCUT2D eigenvalue weighted by Crippen LogP contribution is 2.34. The van der Waals surface area contributed by atoms with Crippen LogP contribution in [-0.4, -0.2) is 30.8 Å². The van der Waals surface area contributed by atoms with Crippen molar-refractivity contribution in [2.75, 3.05) is 25.2 Å². The summed E-state index contributed by atoms with van der Waals surface area (Å²) in [5, 5.41) is 3.72. The van der Waals surface area contributed by atoms with Gasteiger partial charge in [0.1, 0.15) is 0 Å². The molecule has 5 nitrogen and oxygen atoms in total. The van der Waals surface area contributed by atoms with Gasteiger partial charge in [-0.3, -0.25) is 0 Å². The Kier molecular flexibility index (Phi) is 4.89. The fourth-order valence-corrected chi connectivity index (χ4v) is 3.64. The van der Waals surface area contributed by atoms with Gasteiger partial charge < -0.3 is 19.7 Å². The second-order valence-electron chi connectivity index (χ2n) is 6.69. The van der Waals surface area contributed by atoms with Crippen molar-refractivity contribution in [3.63, 3.8) is 0 Å². The maximum Gasteiger partial charge on any atom is 0.321 e. The third-order valence-corrected chi connectivity index (χ3v) is 5.18. The van der Waals surface area contributed by atoms with Crippen LogP contribution in [-0.2, 0) is 0 Å². The molecule has 2 aromatic rings. The number of ether oxygens (including phenoxy) is 2. The van der Waals surface area contributed by atoms with Crippen molar-refractivity contribution >= 4 is 23.3 Å². The van der Waals surface area contributed by atoms with Gasteiger partial charge in [-0.25, -0.2) is 4.79 Å². The average molecular weight is 373 g/mol. The van der Waals surface area contributed by atoms with Gasteiger partial charge >= 0.3 is 6.03 Å². The molecule has 1 N–H and O–H groups in total. The molecule has 1 saturated heterocycles. The van der Waals surface area contributed by atoms with Crippen molar-refractivity contribution in [2.24, 2.45) is 0 Å². The predicted octanol–water partition coefficient (Wildman–Crippen LogP) is 4.87. The number of hydrogen-bond donors (Lipinski definition) is 1. The zero-order chi connectivity index (χ0) is 17.9. The van der Waals surface area contributed by atoms with Crippen LogP contribution >= 0.6 is 11.6 Å². The maximum absolute atomic E-state index is 12.8. The van der Waals surface area contributed by atoms with Crippen LogP contribution in [0.15, 0.2) is 42.5 Å². The lowest BCUT2D eigenvalue weighted by molar-refractivity contribution is 0.174. The molecular formula is C20H21ClN2O3. The van der Waals surface area contributed by atoms with E-state index in [1.807, 2.05) is 29.2 Å². The lowest BCUT2D eigenvalue weighted by atomic mass is 9.94. The highest BCUT2D eigenvalue weighted by molar-refractivity contribution is 6.30. The van der Waals surface area contributed by atoms with Crippen LogP contribution in [0.2, 0.25) is 5.02 Å². The summed E-state index contributed by atoms with van der Waals surface area (Å²) < 4.78 is 10.7. The van der Waals surface area contributed by atoms with Gasteiger partial charge in [0.25, 0.3) is 0 Å². The molecule has 136 valence electrons. The predicted molar refractivity (Wildman–Crippen MR) is 101 cm³/mol. The SMILES string of the molecule is O=C(Nc1ccc2c(c1)OCO2)N1CCCCC(c2ccc(Cl)cc2)C1. The van der Waals surface area contributed by atoms with Gasteiger partial charge in [-0.1, -0.05) is 30.2 Å². The van der Waals surface area contributed by atoms with Gasteiger partial charge in [0, 0.05) is 35.8 Å². The normalized spacial score (nSPS) is 19.1. The first-order valence-electron chi connectivity index (χ1n) is 8.90. The molecule has 2 aliphatic rings. The number of halogens is 1. The Labute approximate surface area is 157 Å². The van der Waals surface area contributed by atoms with Crippen LogP contribution in [0.5, 0.6) is 11.5 Å². The molecule has 1 unspecified atom stereocenters. The Morgan fingerprint density at radius 2 is 1.88 bits per heavy atom.